The topological polar surface area (TPSA) is 12.9 Å². The summed E-state index contributed by atoms with van der Waals surface area (Å²) in [6.07, 6.45) is 4.03. The van der Waals surface area contributed by atoms with Crippen molar-refractivity contribution in [3.05, 3.63) is 30.1 Å². The molecule has 0 spiro atoms. The number of allylic oxidation sites excluding steroid dienone is 2. The minimum absolute atomic E-state index is 1.12. The van der Waals surface area contributed by atoms with Gasteiger partial charge in [0.25, 0.3) is 0 Å². The Kier molecular flexibility index (Phi) is 3.27. The molecule has 0 aliphatic rings. The van der Waals surface area contributed by atoms with E-state index in [0.29, 0.717) is 0 Å². The second kappa shape index (κ2) is 4.09. The summed E-state index contributed by atoms with van der Waals surface area (Å²) in [5.74, 6) is 0. The van der Waals surface area contributed by atoms with Crippen LogP contribution in [0, 0.1) is 0 Å². The highest BCUT2D eigenvalue weighted by Gasteiger charge is 2.16. The number of hydrogen-bond acceptors (Lipinski definition) is 1. The van der Waals surface area contributed by atoms with Crippen molar-refractivity contribution >= 4 is 18.8 Å². The fraction of sp³-hybridized carbons (Fsp3) is 0.417. The van der Waals surface area contributed by atoms with Crippen molar-refractivity contribution in [1.29, 1.82) is 0 Å². The smallest absolute Gasteiger partial charge is 0.0777 e. The maximum absolute atomic E-state index is 4.38. The quantitative estimate of drug-likeness (QED) is 0.676. The van der Waals surface area contributed by atoms with Crippen LogP contribution >= 0.6 is 0 Å². The van der Waals surface area contributed by atoms with Crippen LogP contribution in [0.3, 0.4) is 0 Å². The van der Waals surface area contributed by atoms with Gasteiger partial charge in [0.15, 0.2) is 0 Å². The minimum Gasteiger partial charge on any atom is -0.257 e. The number of pyridine rings is 1. The Morgan fingerprint density at radius 1 is 1.36 bits per heavy atom. The van der Waals surface area contributed by atoms with Crippen molar-refractivity contribution in [1.82, 2.24) is 4.98 Å². The summed E-state index contributed by atoms with van der Waals surface area (Å²) in [6.45, 7) is 11.2. The minimum atomic E-state index is -1.19. The Morgan fingerprint density at radius 2 is 2.00 bits per heavy atom. The van der Waals surface area contributed by atoms with Gasteiger partial charge in [-0.15, -0.1) is 0 Å². The SMILES string of the molecule is C/C=C(\C)c1cc([Si](C)(C)C)ccn1. The third-order valence-corrected chi connectivity index (χ3v) is 4.51. The first-order valence-corrected chi connectivity index (χ1v) is 8.55. The fourth-order valence-corrected chi connectivity index (χ4v) is 2.40. The molecule has 1 heterocycles. The average molecular weight is 205 g/mol. The molecule has 0 amide bonds. The fourth-order valence-electron chi connectivity index (χ4n) is 1.26. The molecular weight excluding hydrogens is 186 g/mol. The van der Waals surface area contributed by atoms with E-state index in [1.54, 1.807) is 0 Å². The van der Waals surface area contributed by atoms with Crippen molar-refractivity contribution < 1.29 is 0 Å². The second-order valence-corrected chi connectivity index (χ2v) is 9.73. The van der Waals surface area contributed by atoms with Crippen molar-refractivity contribution in [3.63, 3.8) is 0 Å². The van der Waals surface area contributed by atoms with E-state index in [2.05, 4.69) is 56.7 Å². The maximum atomic E-state index is 4.38. The summed E-state index contributed by atoms with van der Waals surface area (Å²) in [4.78, 5) is 4.38. The van der Waals surface area contributed by atoms with E-state index < -0.39 is 8.07 Å². The van der Waals surface area contributed by atoms with Crippen LogP contribution in [0.2, 0.25) is 19.6 Å². The Hall–Kier alpha value is -0.893. The summed E-state index contributed by atoms with van der Waals surface area (Å²) in [7, 11) is -1.19. The largest absolute Gasteiger partial charge is 0.257 e. The average Bonchev–Trinajstić information content (AvgIpc) is 2.15. The van der Waals surface area contributed by atoms with Crippen molar-refractivity contribution in [3.8, 4) is 0 Å². The third kappa shape index (κ3) is 2.55. The van der Waals surface area contributed by atoms with Gasteiger partial charge in [-0.3, -0.25) is 4.98 Å². The molecule has 0 saturated heterocycles. The van der Waals surface area contributed by atoms with Gasteiger partial charge >= 0.3 is 0 Å². The standard InChI is InChI=1S/C12H19NSi/c1-6-10(2)12-9-11(7-8-13-12)14(3,4)5/h6-9H,1-5H3/b10-6+. The summed E-state index contributed by atoms with van der Waals surface area (Å²) in [6, 6.07) is 4.39. The Balaban J connectivity index is 3.14. The molecule has 0 aliphatic heterocycles. The highest BCUT2D eigenvalue weighted by molar-refractivity contribution is 6.88. The third-order valence-electron chi connectivity index (χ3n) is 2.46. The van der Waals surface area contributed by atoms with E-state index in [1.165, 1.54) is 10.8 Å². The number of nitrogens with zero attached hydrogens (tertiary/aromatic N) is 1. The molecule has 0 atom stereocenters. The van der Waals surface area contributed by atoms with Gasteiger partial charge in [-0.05, 0) is 31.6 Å². The molecule has 0 fully saturated rings. The molecule has 0 radical (unpaired) electrons. The van der Waals surface area contributed by atoms with E-state index in [9.17, 15) is 0 Å². The first-order valence-electron chi connectivity index (χ1n) is 5.05. The Bertz CT molecular complexity index is 348. The van der Waals surface area contributed by atoms with E-state index >= 15 is 0 Å². The number of aromatic nitrogens is 1. The van der Waals surface area contributed by atoms with Crippen LogP contribution in [0.5, 0.6) is 0 Å². The highest BCUT2D eigenvalue weighted by Crippen LogP contribution is 2.10. The van der Waals surface area contributed by atoms with Gasteiger partial charge in [0.05, 0.1) is 13.8 Å². The lowest BCUT2D eigenvalue weighted by molar-refractivity contribution is 1.27. The molecule has 0 unspecified atom stereocenters. The van der Waals surface area contributed by atoms with E-state index in [1.807, 2.05) is 6.20 Å². The maximum Gasteiger partial charge on any atom is 0.0777 e. The van der Waals surface area contributed by atoms with Crippen LogP contribution in [0.4, 0.5) is 0 Å². The van der Waals surface area contributed by atoms with Gasteiger partial charge in [-0.1, -0.05) is 30.9 Å². The highest BCUT2D eigenvalue weighted by atomic mass is 28.3. The van der Waals surface area contributed by atoms with Gasteiger partial charge in [-0.25, -0.2) is 0 Å². The van der Waals surface area contributed by atoms with Gasteiger partial charge in [-0.2, -0.15) is 0 Å². The van der Waals surface area contributed by atoms with Crippen LogP contribution < -0.4 is 5.19 Å². The summed E-state index contributed by atoms with van der Waals surface area (Å²) < 4.78 is 0. The molecule has 14 heavy (non-hydrogen) atoms. The van der Waals surface area contributed by atoms with Gasteiger partial charge in [0.1, 0.15) is 0 Å². The van der Waals surface area contributed by atoms with Gasteiger partial charge in [0.2, 0.25) is 0 Å². The molecule has 1 aromatic rings. The Morgan fingerprint density at radius 3 is 2.50 bits per heavy atom. The first kappa shape index (κ1) is 11.2. The van der Waals surface area contributed by atoms with Crippen LogP contribution in [0.15, 0.2) is 24.4 Å². The molecule has 0 bridgehead atoms. The van der Waals surface area contributed by atoms with Crippen LogP contribution in [0.1, 0.15) is 19.5 Å². The van der Waals surface area contributed by atoms with Crippen molar-refractivity contribution in [2.24, 2.45) is 0 Å². The van der Waals surface area contributed by atoms with Crippen LogP contribution in [-0.2, 0) is 0 Å². The molecule has 76 valence electrons. The van der Waals surface area contributed by atoms with Gasteiger partial charge in [0, 0.05) is 6.20 Å². The van der Waals surface area contributed by atoms with Crippen molar-refractivity contribution in [2.75, 3.05) is 0 Å². The summed E-state index contributed by atoms with van der Waals surface area (Å²) in [5.41, 5.74) is 2.37. The molecule has 2 heteroatoms. The normalized spacial score (nSPS) is 13.1. The zero-order chi connectivity index (χ0) is 10.8. The second-order valence-electron chi connectivity index (χ2n) is 4.65. The van der Waals surface area contributed by atoms with Crippen molar-refractivity contribution in [2.45, 2.75) is 33.5 Å². The zero-order valence-electron chi connectivity index (χ0n) is 9.76. The lowest BCUT2D eigenvalue weighted by Gasteiger charge is -2.17. The van der Waals surface area contributed by atoms with Gasteiger partial charge < -0.3 is 0 Å². The molecule has 1 aromatic heterocycles. The lowest BCUT2D eigenvalue weighted by Crippen LogP contribution is -2.37. The number of hydrogen-bond donors (Lipinski definition) is 0. The molecule has 1 rings (SSSR count). The molecule has 0 N–H and O–H groups in total. The lowest BCUT2D eigenvalue weighted by atomic mass is 10.2. The zero-order valence-corrected chi connectivity index (χ0v) is 10.8. The van der Waals surface area contributed by atoms with E-state index in [-0.39, 0.29) is 0 Å². The summed E-state index contributed by atoms with van der Waals surface area (Å²) in [5, 5.41) is 1.48. The Labute approximate surface area is 87.9 Å². The first-order chi connectivity index (χ1) is 6.45. The van der Waals surface area contributed by atoms with E-state index in [4.69, 9.17) is 0 Å². The molecular formula is C12H19NSi. The monoisotopic (exact) mass is 205 g/mol. The molecule has 0 aromatic carbocycles. The van der Waals surface area contributed by atoms with Crippen LogP contribution in [0.25, 0.3) is 5.57 Å². The molecule has 0 saturated carbocycles. The van der Waals surface area contributed by atoms with E-state index in [0.717, 1.165) is 5.69 Å². The number of rotatable bonds is 2. The molecule has 1 nitrogen and oxygen atoms in total. The predicted molar refractivity (Wildman–Crippen MR) is 66.5 cm³/mol. The van der Waals surface area contributed by atoms with Crippen LogP contribution in [-0.4, -0.2) is 13.1 Å². The molecule has 0 aliphatic carbocycles. The predicted octanol–water partition coefficient (Wildman–Crippen LogP) is 3.05. The summed E-state index contributed by atoms with van der Waals surface area (Å²) >= 11 is 0.